The number of carbonyl (C=O) groups is 3. The number of hydrogen-bond acceptors (Lipinski definition) is 6. The topological polar surface area (TPSA) is 99.8 Å². The summed E-state index contributed by atoms with van der Waals surface area (Å²) < 4.78 is 5.73. The smallest absolute Gasteiger partial charge is 0.246 e. The molecular weight excluding hydrogens is 476 g/mol. The Kier molecular flexibility index (Phi) is 7.36. The molecule has 0 aliphatic carbocycles. The van der Waals surface area contributed by atoms with E-state index in [2.05, 4.69) is 16.0 Å². The zero-order chi connectivity index (χ0) is 24.6. The minimum Gasteiger partial charge on any atom is -0.493 e. The summed E-state index contributed by atoms with van der Waals surface area (Å²) in [6.45, 7) is 6.31. The standard InChI is InChI=1S/C24H33ClN4O4S/c1-13(26-4)21(30)28-17-8-10-34-19-12-24(2,3)20(29(19)23(17)32)22(31)27-16-7-9-33-18-6-5-14(25)11-15(16)18/h5-6,11,13,16-17,19-20,26H,7-10,12H2,1-4H3,(H,27,31)(H,28,30)/t13-,16+,17-,19-,20+/m0/s1. The van der Waals surface area contributed by atoms with Crippen LogP contribution in [0.25, 0.3) is 0 Å². The number of carbonyl (C=O) groups excluding carboxylic acids is 3. The van der Waals surface area contributed by atoms with Crippen LogP contribution >= 0.6 is 23.4 Å². The van der Waals surface area contributed by atoms with E-state index in [1.165, 1.54) is 0 Å². The highest BCUT2D eigenvalue weighted by Crippen LogP contribution is 2.46. The Labute approximate surface area is 209 Å². The summed E-state index contributed by atoms with van der Waals surface area (Å²) in [6, 6.07) is 3.48. The second-order valence-corrected chi connectivity index (χ2v) is 11.6. The Balaban J connectivity index is 1.57. The van der Waals surface area contributed by atoms with Gasteiger partial charge < -0.3 is 25.6 Å². The van der Waals surface area contributed by atoms with E-state index in [4.69, 9.17) is 16.3 Å². The lowest BCUT2D eigenvalue weighted by molar-refractivity contribution is -0.144. The average molecular weight is 509 g/mol. The van der Waals surface area contributed by atoms with Crippen LogP contribution in [-0.2, 0) is 14.4 Å². The number of amides is 3. The van der Waals surface area contributed by atoms with Crippen LogP contribution in [0.3, 0.4) is 0 Å². The molecule has 0 bridgehead atoms. The predicted octanol–water partition coefficient (Wildman–Crippen LogP) is 2.46. The van der Waals surface area contributed by atoms with Crippen molar-refractivity contribution in [2.75, 3.05) is 19.4 Å². The quantitative estimate of drug-likeness (QED) is 0.565. The van der Waals surface area contributed by atoms with Crippen LogP contribution in [-0.4, -0.2) is 65.5 Å². The highest BCUT2D eigenvalue weighted by Gasteiger charge is 2.54. The van der Waals surface area contributed by atoms with Crippen molar-refractivity contribution in [1.82, 2.24) is 20.9 Å². The van der Waals surface area contributed by atoms with Crippen LogP contribution in [0, 0.1) is 5.41 Å². The third-order valence-electron chi connectivity index (χ3n) is 7.02. The predicted molar refractivity (Wildman–Crippen MR) is 133 cm³/mol. The molecule has 3 aliphatic rings. The molecule has 10 heteroatoms. The first-order valence-electron chi connectivity index (χ1n) is 11.8. The molecule has 3 N–H and O–H groups in total. The molecule has 4 rings (SSSR count). The van der Waals surface area contributed by atoms with Crippen molar-refractivity contribution in [2.24, 2.45) is 5.41 Å². The second-order valence-electron chi connectivity index (χ2n) is 9.91. The van der Waals surface area contributed by atoms with Crippen LogP contribution < -0.4 is 20.7 Å². The molecular formula is C24H33ClN4O4S. The van der Waals surface area contributed by atoms with Gasteiger partial charge >= 0.3 is 0 Å². The zero-order valence-electron chi connectivity index (χ0n) is 20.0. The molecule has 3 heterocycles. The summed E-state index contributed by atoms with van der Waals surface area (Å²) in [4.78, 5) is 41.6. The van der Waals surface area contributed by atoms with Gasteiger partial charge in [0.05, 0.1) is 24.1 Å². The molecule has 0 radical (unpaired) electrons. The number of benzene rings is 1. The molecule has 0 saturated carbocycles. The van der Waals surface area contributed by atoms with Crippen LogP contribution in [0.2, 0.25) is 5.02 Å². The first kappa shape index (κ1) is 25.1. The molecule has 2 saturated heterocycles. The molecule has 0 unspecified atom stereocenters. The van der Waals surface area contributed by atoms with E-state index in [0.717, 1.165) is 11.3 Å². The van der Waals surface area contributed by atoms with Gasteiger partial charge in [0.15, 0.2) is 0 Å². The van der Waals surface area contributed by atoms with Crippen LogP contribution in [0.5, 0.6) is 5.75 Å². The third-order valence-corrected chi connectivity index (χ3v) is 8.50. The first-order valence-corrected chi connectivity index (χ1v) is 13.2. The van der Waals surface area contributed by atoms with Gasteiger partial charge in [0.25, 0.3) is 0 Å². The van der Waals surface area contributed by atoms with Crippen molar-refractivity contribution in [2.45, 2.75) is 69.6 Å². The maximum atomic E-state index is 13.7. The number of halogens is 1. The summed E-state index contributed by atoms with van der Waals surface area (Å²) in [7, 11) is 1.70. The Morgan fingerprint density at radius 2 is 2.00 bits per heavy atom. The van der Waals surface area contributed by atoms with E-state index in [1.54, 1.807) is 36.7 Å². The van der Waals surface area contributed by atoms with Crippen molar-refractivity contribution < 1.29 is 19.1 Å². The Morgan fingerprint density at radius 1 is 1.24 bits per heavy atom. The van der Waals surface area contributed by atoms with E-state index >= 15 is 0 Å². The average Bonchev–Trinajstić information content (AvgIpc) is 2.99. The van der Waals surface area contributed by atoms with Crippen molar-refractivity contribution in [3.63, 3.8) is 0 Å². The van der Waals surface area contributed by atoms with Gasteiger partial charge in [0.2, 0.25) is 17.7 Å². The fourth-order valence-corrected chi connectivity index (χ4v) is 6.80. The maximum absolute atomic E-state index is 13.7. The van der Waals surface area contributed by atoms with Crippen molar-refractivity contribution in [3.05, 3.63) is 28.8 Å². The summed E-state index contributed by atoms with van der Waals surface area (Å²) >= 11 is 7.89. The van der Waals surface area contributed by atoms with Gasteiger partial charge in [-0.25, -0.2) is 0 Å². The van der Waals surface area contributed by atoms with Gasteiger partial charge in [-0.05, 0) is 56.2 Å². The molecule has 0 spiro atoms. The summed E-state index contributed by atoms with van der Waals surface area (Å²) in [6.07, 6.45) is 1.88. The fraction of sp³-hybridized carbons (Fsp3) is 0.625. The summed E-state index contributed by atoms with van der Waals surface area (Å²) in [5.41, 5.74) is 0.436. The Morgan fingerprint density at radius 3 is 2.74 bits per heavy atom. The second kappa shape index (κ2) is 9.95. The number of fused-ring (bicyclic) bond motifs is 2. The van der Waals surface area contributed by atoms with E-state index in [0.29, 0.717) is 36.6 Å². The van der Waals surface area contributed by atoms with Crippen LogP contribution in [0.15, 0.2) is 18.2 Å². The Hall–Kier alpha value is -1.97. The van der Waals surface area contributed by atoms with Crippen molar-refractivity contribution in [1.29, 1.82) is 0 Å². The highest BCUT2D eigenvalue weighted by atomic mass is 35.5. The fourth-order valence-electron chi connectivity index (χ4n) is 5.05. The van der Waals surface area contributed by atoms with Gasteiger partial charge in [-0.2, -0.15) is 0 Å². The zero-order valence-corrected chi connectivity index (χ0v) is 21.6. The molecule has 3 aliphatic heterocycles. The lowest BCUT2D eigenvalue weighted by atomic mass is 9.83. The minimum atomic E-state index is -0.646. The molecule has 186 valence electrons. The number of ether oxygens (including phenoxy) is 1. The van der Waals surface area contributed by atoms with Gasteiger partial charge in [0.1, 0.15) is 17.8 Å². The molecule has 2 fully saturated rings. The summed E-state index contributed by atoms with van der Waals surface area (Å²) in [5.74, 6) is 0.858. The summed E-state index contributed by atoms with van der Waals surface area (Å²) in [5, 5.41) is 9.46. The van der Waals surface area contributed by atoms with Crippen LogP contribution in [0.1, 0.15) is 51.6 Å². The molecule has 5 atom stereocenters. The molecule has 0 aromatic heterocycles. The molecule has 1 aromatic carbocycles. The van der Waals surface area contributed by atoms with Gasteiger partial charge in [-0.15, -0.1) is 11.8 Å². The normalized spacial score (nSPS) is 28.7. The molecule has 3 amide bonds. The number of likely N-dealkylation sites (N-methyl/N-ethyl adjacent to an activating group) is 1. The lowest BCUT2D eigenvalue weighted by Gasteiger charge is -2.36. The third kappa shape index (κ3) is 4.88. The van der Waals surface area contributed by atoms with E-state index in [-0.39, 0.29) is 29.1 Å². The Bertz CT molecular complexity index is 974. The molecule has 1 aromatic rings. The molecule has 34 heavy (non-hydrogen) atoms. The van der Waals surface area contributed by atoms with Crippen molar-refractivity contribution in [3.8, 4) is 5.75 Å². The van der Waals surface area contributed by atoms with Gasteiger partial charge in [-0.3, -0.25) is 14.4 Å². The van der Waals surface area contributed by atoms with E-state index in [1.807, 2.05) is 26.0 Å². The molecule has 8 nitrogen and oxygen atoms in total. The highest BCUT2D eigenvalue weighted by molar-refractivity contribution is 7.99. The number of nitrogens with one attached hydrogen (secondary N) is 3. The first-order chi connectivity index (χ1) is 16.1. The number of hydrogen-bond donors (Lipinski definition) is 3. The van der Waals surface area contributed by atoms with Crippen LogP contribution in [0.4, 0.5) is 0 Å². The largest absolute Gasteiger partial charge is 0.493 e. The van der Waals surface area contributed by atoms with E-state index < -0.39 is 23.5 Å². The van der Waals surface area contributed by atoms with Gasteiger partial charge in [-0.1, -0.05) is 25.4 Å². The van der Waals surface area contributed by atoms with Gasteiger partial charge in [0, 0.05) is 17.0 Å². The minimum absolute atomic E-state index is 0.0988. The lowest BCUT2D eigenvalue weighted by Crippen LogP contribution is -2.58. The number of thioether (sulfide) groups is 1. The maximum Gasteiger partial charge on any atom is 0.246 e. The van der Waals surface area contributed by atoms with Crippen molar-refractivity contribution >= 4 is 41.1 Å². The number of nitrogens with zero attached hydrogens (tertiary/aromatic N) is 1. The number of rotatable bonds is 5. The monoisotopic (exact) mass is 508 g/mol. The SMILES string of the molecule is CN[C@@H](C)C(=O)N[C@H]1CCS[C@H]2CC(C)(C)[C@@H](C(=O)N[C@@H]3CCOc4ccc(Cl)cc43)N2C1=O. The van der Waals surface area contributed by atoms with E-state index in [9.17, 15) is 14.4 Å².